The molecule has 62 valence electrons. The minimum absolute atomic E-state index is 0.0385. The normalized spacial score (nSPS) is 18.1. The zero-order valence-electron chi connectivity index (χ0n) is 6.75. The second-order valence-corrected chi connectivity index (χ2v) is 2.74. The fourth-order valence-electron chi connectivity index (χ4n) is 0.980. The number of nitrogens with zero attached hydrogens (tertiary/aromatic N) is 2. The van der Waals surface area contributed by atoms with E-state index in [1.807, 2.05) is 0 Å². The van der Waals surface area contributed by atoms with E-state index < -0.39 is 0 Å². The lowest BCUT2D eigenvalue weighted by Crippen LogP contribution is -2.22. The van der Waals surface area contributed by atoms with Crippen molar-refractivity contribution < 1.29 is 0 Å². The van der Waals surface area contributed by atoms with E-state index >= 15 is 0 Å². The summed E-state index contributed by atoms with van der Waals surface area (Å²) < 4.78 is 0. The standard InChI is InChI=1S/C7H14N4/c1-2-6(5-3-4-5)10-11-7(8)9/h5H,2-4H2,1H3,(H4,8,9,11)/b10-6-. The second kappa shape index (κ2) is 3.37. The van der Waals surface area contributed by atoms with Gasteiger partial charge in [-0.2, -0.15) is 5.10 Å². The van der Waals surface area contributed by atoms with E-state index in [2.05, 4.69) is 17.1 Å². The molecule has 4 nitrogen and oxygen atoms in total. The van der Waals surface area contributed by atoms with Gasteiger partial charge in [-0.3, -0.25) is 0 Å². The van der Waals surface area contributed by atoms with Crippen molar-refractivity contribution in [1.29, 1.82) is 0 Å². The lowest BCUT2D eigenvalue weighted by atomic mass is 10.2. The second-order valence-electron chi connectivity index (χ2n) is 2.74. The largest absolute Gasteiger partial charge is 0.369 e. The Morgan fingerprint density at radius 3 is 2.36 bits per heavy atom. The van der Waals surface area contributed by atoms with Crippen LogP contribution in [0.4, 0.5) is 0 Å². The highest BCUT2D eigenvalue weighted by molar-refractivity contribution is 5.89. The molecular formula is C7H14N4. The van der Waals surface area contributed by atoms with Crippen molar-refractivity contribution in [2.45, 2.75) is 26.2 Å². The molecule has 0 saturated heterocycles. The van der Waals surface area contributed by atoms with Crippen molar-refractivity contribution in [3.63, 3.8) is 0 Å². The Kier molecular flexibility index (Phi) is 2.46. The van der Waals surface area contributed by atoms with Crippen molar-refractivity contribution >= 4 is 11.7 Å². The van der Waals surface area contributed by atoms with Gasteiger partial charge < -0.3 is 11.5 Å². The first kappa shape index (κ1) is 8.04. The van der Waals surface area contributed by atoms with Crippen molar-refractivity contribution in [1.82, 2.24) is 0 Å². The molecule has 11 heavy (non-hydrogen) atoms. The molecule has 0 bridgehead atoms. The van der Waals surface area contributed by atoms with E-state index in [0.29, 0.717) is 5.92 Å². The number of hydrogen-bond acceptors (Lipinski definition) is 2. The molecule has 0 heterocycles. The van der Waals surface area contributed by atoms with Crippen LogP contribution >= 0.6 is 0 Å². The Morgan fingerprint density at radius 2 is 2.00 bits per heavy atom. The molecule has 0 aromatic heterocycles. The van der Waals surface area contributed by atoms with E-state index in [9.17, 15) is 0 Å². The fourth-order valence-corrected chi connectivity index (χ4v) is 0.980. The number of guanidine groups is 1. The zero-order valence-corrected chi connectivity index (χ0v) is 6.75. The summed E-state index contributed by atoms with van der Waals surface area (Å²) in [5.74, 6) is 0.694. The zero-order chi connectivity index (χ0) is 8.27. The molecule has 0 radical (unpaired) electrons. The highest BCUT2D eigenvalue weighted by Gasteiger charge is 2.26. The van der Waals surface area contributed by atoms with Gasteiger partial charge in [-0.05, 0) is 25.2 Å². The Balaban J connectivity index is 2.52. The Hall–Kier alpha value is -1.06. The molecule has 1 saturated carbocycles. The molecular weight excluding hydrogens is 140 g/mol. The maximum atomic E-state index is 5.14. The van der Waals surface area contributed by atoms with E-state index in [1.54, 1.807) is 0 Å². The lowest BCUT2D eigenvalue weighted by Gasteiger charge is -1.95. The van der Waals surface area contributed by atoms with E-state index in [1.165, 1.54) is 12.8 Å². The third kappa shape index (κ3) is 2.57. The number of nitrogens with two attached hydrogens (primary N) is 2. The molecule has 0 atom stereocenters. The smallest absolute Gasteiger partial charge is 0.211 e. The summed E-state index contributed by atoms with van der Waals surface area (Å²) in [4.78, 5) is 0. The van der Waals surface area contributed by atoms with Gasteiger partial charge in [0.2, 0.25) is 5.96 Å². The lowest BCUT2D eigenvalue weighted by molar-refractivity contribution is 1.04. The van der Waals surface area contributed by atoms with E-state index in [4.69, 9.17) is 11.5 Å². The molecule has 0 amide bonds. The summed E-state index contributed by atoms with van der Waals surface area (Å²) in [6.45, 7) is 2.07. The van der Waals surface area contributed by atoms with Gasteiger partial charge >= 0.3 is 0 Å². The first-order valence-electron chi connectivity index (χ1n) is 3.89. The van der Waals surface area contributed by atoms with Gasteiger partial charge in [0.15, 0.2) is 0 Å². The third-order valence-electron chi connectivity index (χ3n) is 1.70. The minimum atomic E-state index is 0.0385. The van der Waals surface area contributed by atoms with Gasteiger partial charge in [0.1, 0.15) is 0 Å². The molecule has 4 heteroatoms. The molecule has 0 unspecified atom stereocenters. The monoisotopic (exact) mass is 154 g/mol. The fraction of sp³-hybridized carbons (Fsp3) is 0.714. The molecule has 0 aliphatic heterocycles. The maximum Gasteiger partial charge on any atom is 0.211 e. The average Bonchev–Trinajstić information content (AvgIpc) is 2.72. The molecule has 1 rings (SSSR count). The Morgan fingerprint density at radius 1 is 1.36 bits per heavy atom. The molecule has 4 N–H and O–H groups in total. The summed E-state index contributed by atoms with van der Waals surface area (Å²) in [6.07, 6.45) is 3.43. The Labute approximate surface area is 66.4 Å². The predicted octanol–water partition coefficient (Wildman–Crippen LogP) is 0.436. The third-order valence-corrected chi connectivity index (χ3v) is 1.70. The van der Waals surface area contributed by atoms with Crippen LogP contribution in [-0.4, -0.2) is 11.7 Å². The van der Waals surface area contributed by atoms with Crippen LogP contribution in [0, 0.1) is 5.92 Å². The summed E-state index contributed by atoms with van der Waals surface area (Å²) in [7, 11) is 0. The van der Waals surface area contributed by atoms with Gasteiger partial charge in [0.25, 0.3) is 0 Å². The molecule has 1 aliphatic carbocycles. The van der Waals surface area contributed by atoms with Gasteiger partial charge in [-0.25, -0.2) is 0 Å². The van der Waals surface area contributed by atoms with Crippen molar-refractivity contribution in [3.8, 4) is 0 Å². The van der Waals surface area contributed by atoms with Gasteiger partial charge in [0, 0.05) is 5.71 Å². The summed E-state index contributed by atoms with van der Waals surface area (Å²) in [5, 5.41) is 7.58. The molecule has 0 spiro atoms. The molecule has 1 aliphatic rings. The van der Waals surface area contributed by atoms with Crippen LogP contribution in [0.2, 0.25) is 0 Å². The van der Waals surface area contributed by atoms with Gasteiger partial charge in [-0.1, -0.05) is 6.92 Å². The van der Waals surface area contributed by atoms with Crippen molar-refractivity contribution in [2.75, 3.05) is 0 Å². The predicted molar refractivity (Wildman–Crippen MR) is 46.3 cm³/mol. The highest BCUT2D eigenvalue weighted by Crippen LogP contribution is 2.31. The minimum Gasteiger partial charge on any atom is -0.369 e. The average molecular weight is 154 g/mol. The highest BCUT2D eigenvalue weighted by atomic mass is 15.3. The number of rotatable bonds is 3. The molecule has 0 aromatic carbocycles. The molecule has 1 fully saturated rings. The first-order chi connectivity index (χ1) is 5.24. The quantitative estimate of drug-likeness (QED) is 0.351. The maximum absolute atomic E-state index is 5.14. The van der Waals surface area contributed by atoms with Crippen LogP contribution in [0.3, 0.4) is 0 Å². The van der Waals surface area contributed by atoms with Crippen LogP contribution in [-0.2, 0) is 0 Å². The van der Waals surface area contributed by atoms with Crippen LogP contribution in [0.15, 0.2) is 10.2 Å². The van der Waals surface area contributed by atoms with Crippen molar-refractivity contribution in [2.24, 2.45) is 27.6 Å². The van der Waals surface area contributed by atoms with Gasteiger partial charge in [0.05, 0.1) is 0 Å². The summed E-state index contributed by atoms with van der Waals surface area (Å²) in [6, 6.07) is 0. The van der Waals surface area contributed by atoms with Crippen LogP contribution in [0.1, 0.15) is 26.2 Å². The van der Waals surface area contributed by atoms with Crippen LogP contribution in [0.5, 0.6) is 0 Å². The molecule has 0 aromatic rings. The van der Waals surface area contributed by atoms with Gasteiger partial charge in [-0.15, -0.1) is 5.10 Å². The number of hydrogen-bond donors (Lipinski definition) is 2. The Bertz CT molecular complexity index is 187. The first-order valence-corrected chi connectivity index (χ1v) is 3.89. The van der Waals surface area contributed by atoms with E-state index in [0.717, 1.165) is 12.1 Å². The van der Waals surface area contributed by atoms with Crippen LogP contribution in [0.25, 0.3) is 0 Å². The van der Waals surface area contributed by atoms with Crippen LogP contribution < -0.4 is 11.5 Å². The van der Waals surface area contributed by atoms with E-state index in [-0.39, 0.29) is 5.96 Å². The topological polar surface area (TPSA) is 76.8 Å². The summed E-state index contributed by atoms with van der Waals surface area (Å²) >= 11 is 0. The SMILES string of the molecule is CC/C(=N/N=C(N)N)C1CC1. The summed E-state index contributed by atoms with van der Waals surface area (Å²) in [5.41, 5.74) is 11.4. The van der Waals surface area contributed by atoms with Crippen molar-refractivity contribution in [3.05, 3.63) is 0 Å².